The average Bonchev–Trinajstić information content (AvgIpc) is 3.18. The Morgan fingerprint density at radius 3 is 2.65 bits per heavy atom. The number of nitrogens with zero attached hydrogens (tertiary/aromatic N) is 3. The van der Waals surface area contributed by atoms with Gasteiger partial charge in [0.25, 0.3) is 5.56 Å². The van der Waals surface area contributed by atoms with E-state index in [4.69, 9.17) is 0 Å². The van der Waals surface area contributed by atoms with Gasteiger partial charge < -0.3 is 10.2 Å². The Bertz CT molecular complexity index is 1200. The lowest BCUT2D eigenvalue weighted by molar-refractivity contribution is -0.122. The van der Waals surface area contributed by atoms with Crippen molar-refractivity contribution in [3.05, 3.63) is 92.9 Å². The molecule has 1 amide bonds. The summed E-state index contributed by atoms with van der Waals surface area (Å²) < 4.78 is 1.51. The minimum absolute atomic E-state index is 0.00289. The Morgan fingerprint density at radius 2 is 1.81 bits per heavy atom. The molecule has 2 aromatic carbocycles. The van der Waals surface area contributed by atoms with Gasteiger partial charge in [-0.3, -0.25) is 14.2 Å². The largest absolute Gasteiger partial charge is 0.348 e. The number of anilines is 1. The van der Waals surface area contributed by atoms with Crippen LogP contribution in [0.1, 0.15) is 40.4 Å². The highest BCUT2D eigenvalue weighted by Gasteiger charge is 2.25. The van der Waals surface area contributed by atoms with Crippen LogP contribution in [-0.4, -0.2) is 22.0 Å². The summed E-state index contributed by atoms with van der Waals surface area (Å²) >= 11 is 0. The van der Waals surface area contributed by atoms with E-state index >= 15 is 0 Å². The Kier molecular flexibility index (Phi) is 5.06. The van der Waals surface area contributed by atoms with E-state index in [1.807, 2.05) is 25.1 Å². The van der Waals surface area contributed by atoms with Gasteiger partial charge in [-0.25, -0.2) is 4.98 Å². The molecular formula is C25H26N4O2. The number of aryl methyl sites for hydroxylation is 2. The number of hydrogen-bond donors (Lipinski definition) is 1. The van der Waals surface area contributed by atoms with Crippen molar-refractivity contribution in [2.75, 3.05) is 11.4 Å². The first kappa shape index (κ1) is 19.5. The van der Waals surface area contributed by atoms with Gasteiger partial charge in [0.15, 0.2) is 0 Å². The molecule has 2 aliphatic rings. The molecule has 1 aliphatic carbocycles. The lowest BCUT2D eigenvalue weighted by Gasteiger charge is -2.31. The van der Waals surface area contributed by atoms with Gasteiger partial charge in [-0.15, -0.1) is 0 Å². The summed E-state index contributed by atoms with van der Waals surface area (Å²) in [5.41, 5.74) is 5.51. The maximum Gasteiger partial charge on any atom is 0.255 e. The third kappa shape index (κ3) is 3.85. The van der Waals surface area contributed by atoms with Crippen LogP contribution < -0.4 is 15.8 Å². The second-order valence-corrected chi connectivity index (χ2v) is 8.42. The zero-order valence-electron chi connectivity index (χ0n) is 17.7. The Balaban J connectivity index is 1.39. The van der Waals surface area contributed by atoms with Crippen LogP contribution in [0, 0.1) is 6.92 Å². The van der Waals surface area contributed by atoms with Gasteiger partial charge in [0.2, 0.25) is 11.9 Å². The third-order valence-corrected chi connectivity index (χ3v) is 6.30. The zero-order chi connectivity index (χ0) is 21.4. The lowest BCUT2D eigenvalue weighted by Crippen LogP contribution is -2.40. The molecule has 3 aromatic rings. The number of carbonyl (C=O) groups is 1. The van der Waals surface area contributed by atoms with Crippen molar-refractivity contribution in [2.24, 2.45) is 0 Å². The molecule has 0 spiro atoms. The molecule has 1 N–H and O–H groups in total. The average molecular weight is 415 g/mol. The van der Waals surface area contributed by atoms with E-state index in [2.05, 4.69) is 45.5 Å². The van der Waals surface area contributed by atoms with Gasteiger partial charge in [0, 0.05) is 24.8 Å². The van der Waals surface area contributed by atoms with Gasteiger partial charge in [0.1, 0.15) is 6.54 Å². The number of hydrogen-bond acceptors (Lipinski definition) is 4. The van der Waals surface area contributed by atoms with Gasteiger partial charge in [0.05, 0.1) is 6.04 Å². The second kappa shape index (κ2) is 8.02. The summed E-state index contributed by atoms with van der Waals surface area (Å²) in [6.07, 6.45) is 2.75. The molecule has 1 atom stereocenters. The molecule has 5 rings (SSSR count). The van der Waals surface area contributed by atoms with Crippen molar-refractivity contribution in [2.45, 2.75) is 45.3 Å². The lowest BCUT2D eigenvalue weighted by atomic mass is 10.0. The maximum atomic E-state index is 12.9. The summed E-state index contributed by atoms with van der Waals surface area (Å²) in [7, 11) is 0. The van der Waals surface area contributed by atoms with E-state index in [9.17, 15) is 9.59 Å². The van der Waals surface area contributed by atoms with Gasteiger partial charge in [-0.1, -0.05) is 48.5 Å². The summed E-state index contributed by atoms with van der Waals surface area (Å²) in [4.78, 5) is 32.5. The standard InChI is InChI=1S/C25H26N4O2/c1-17-14-24(31)29(16-23(30)27-22-11-10-19-7-4-5-9-21(19)22)25(26-17)28-13-12-18-6-2-3-8-20(18)15-28/h2-9,14,22H,10-13,15-16H2,1H3,(H,27,30)/t22-/m0/s1. The highest BCUT2D eigenvalue weighted by Crippen LogP contribution is 2.30. The molecule has 158 valence electrons. The fourth-order valence-corrected chi connectivity index (χ4v) is 4.75. The smallest absolute Gasteiger partial charge is 0.255 e. The quantitative estimate of drug-likeness (QED) is 0.713. The monoisotopic (exact) mass is 414 g/mol. The molecule has 0 saturated heterocycles. The predicted molar refractivity (Wildman–Crippen MR) is 120 cm³/mol. The van der Waals surface area contributed by atoms with Crippen molar-refractivity contribution in [1.29, 1.82) is 0 Å². The van der Waals surface area contributed by atoms with Crippen molar-refractivity contribution in [3.63, 3.8) is 0 Å². The van der Waals surface area contributed by atoms with E-state index in [1.165, 1.54) is 32.9 Å². The first-order valence-corrected chi connectivity index (χ1v) is 10.9. The van der Waals surface area contributed by atoms with Crippen LogP contribution >= 0.6 is 0 Å². The molecule has 6 heteroatoms. The minimum atomic E-state index is -0.191. The zero-order valence-corrected chi connectivity index (χ0v) is 17.7. The van der Waals surface area contributed by atoms with Crippen LogP contribution in [0.25, 0.3) is 0 Å². The number of aromatic nitrogens is 2. The van der Waals surface area contributed by atoms with Crippen LogP contribution in [0.4, 0.5) is 5.95 Å². The number of amides is 1. The van der Waals surface area contributed by atoms with Crippen LogP contribution in [-0.2, 0) is 30.7 Å². The molecule has 1 aliphatic heterocycles. The van der Waals surface area contributed by atoms with Crippen LogP contribution in [0.2, 0.25) is 0 Å². The SMILES string of the molecule is Cc1cc(=O)n(CC(=O)N[C@H]2CCc3ccccc32)c(N2CCc3ccccc3C2)n1. The molecule has 0 bridgehead atoms. The minimum Gasteiger partial charge on any atom is -0.348 e. The Morgan fingerprint density at radius 1 is 1.06 bits per heavy atom. The highest BCUT2D eigenvalue weighted by atomic mass is 16.2. The number of carbonyl (C=O) groups excluding carboxylic acids is 1. The van der Waals surface area contributed by atoms with E-state index in [1.54, 1.807) is 0 Å². The molecule has 1 aromatic heterocycles. The van der Waals surface area contributed by atoms with Crippen molar-refractivity contribution < 1.29 is 4.79 Å². The number of rotatable bonds is 4. The Hall–Kier alpha value is -3.41. The first-order chi connectivity index (χ1) is 15.1. The molecule has 6 nitrogen and oxygen atoms in total. The molecule has 0 saturated carbocycles. The summed E-state index contributed by atoms with van der Waals surface area (Å²) in [6, 6.07) is 18.1. The fraction of sp³-hybridized carbons (Fsp3) is 0.320. The summed E-state index contributed by atoms with van der Waals surface area (Å²) in [5, 5.41) is 3.13. The van der Waals surface area contributed by atoms with Crippen LogP contribution in [0.3, 0.4) is 0 Å². The number of benzene rings is 2. The summed E-state index contributed by atoms with van der Waals surface area (Å²) in [6.45, 7) is 3.25. The van der Waals surface area contributed by atoms with E-state index in [0.717, 1.165) is 25.8 Å². The summed E-state index contributed by atoms with van der Waals surface area (Å²) in [5.74, 6) is 0.412. The van der Waals surface area contributed by atoms with E-state index in [0.29, 0.717) is 18.2 Å². The van der Waals surface area contributed by atoms with Crippen LogP contribution in [0.15, 0.2) is 59.4 Å². The van der Waals surface area contributed by atoms with Crippen LogP contribution in [0.5, 0.6) is 0 Å². The molecule has 0 unspecified atom stereocenters. The highest BCUT2D eigenvalue weighted by molar-refractivity contribution is 5.77. The second-order valence-electron chi connectivity index (χ2n) is 8.42. The van der Waals surface area contributed by atoms with Crippen molar-refractivity contribution >= 4 is 11.9 Å². The normalized spacial score (nSPS) is 17.2. The predicted octanol–water partition coefficient (Wildman–Crippen LogP) is 2.92. The van der Waals surface area contributed by atoms with Gasteiger partial charge >= 0.3 is 0 Å². The molecule has 2 heterocycles. The number of nitrogens with one attached hydrogen (secondary N) is 1. The topological polar surface area (TPSA) is 67.2 Å². The Labute approximate surface area is 181 Å². The molecule has 0 radical (unpaired) electrons. The molecular weight excluding hydrogens is 388 g/mol. The molecule has 31 heavy (non-hydrogen) atoms. The fourth-order valence-electron chi connectivity index (χ4n) is 4.75. The van der Waals surface area contributed by atoms with E-state index < -0.39 is 0 Å². The van der Waals surface area contributed by atoms with Crippen molar-refractivity contribution in [3.8, 4) is 0 Å². The van der Waals surface area contributed by atoms with Gasteiger partial charge in [-0.2, -0.15) is 0 Å². The number of fused-ring (bicyclic) bond motifs is 2. The van der Waals surface area contributed by atoms with Gasteiger partial charge in [-0.05, 0) is 48.4 Å². The first-order valence-electron chi connectivity index (χ1n) is 10.9. The van der Waals surface area contributed by atoms with E-state index in [-0.39, 0.29) is 24.1 Å². The van der Waals surface area contributed by atoms with Crippen molar-refractivity contribution in [1.82, 2.24) is 14.9 Å². The molecule has 0 fully saturated rings. The third-order valence-electron chi connectivity index (χ3n) is 6.30. The maximum absolute atomic E-state index is 12.9.